The summed E-state index contributed by atoms with van der Waals surface area (Å²) in [7, 11) is 0. The van der Waals surface area contributed by atoms with Crippen molar-refractivity contribution >= 4 is 5.91 Å². The van der Waals surface area contributed by atoms with Crippen LogP contribution in [0.15, 0.2) is 0 Å². The Kier molecular flexibility index (Phi) is 6.23. The molecule has 1 aromatic heterocycles. The maximum atomic E-state index is 12.1. The number of H-pyrrole nitrogens is 1. The monoisotopic (exact) mass is 292 g/mol. The third-order valence-electron chi connectivity index (χ3n) is 4.02. The fraction of sp³-hybridized carbons (Fsp3) is 0.750. The van der Waals surface area contributed by atoms with E-state index >= 15 is 0 Å². The molecule has 5 heteroatoms. The van der Waals surface area contributed by atoms with Gasteiger partial charge in [-0.2, -0.15) is 5.10 Å². The zero-order valence-electron chi connectivity index (χ0n) is 13.3. The van der Waals surface area contributed by atoms with Crippen LogP contribution in [0.4, 0.5) is 0 Å². The second kappa shape index (κ2) is 8.17. The number of aromatic nitrogens is 2. The highest BCUT2D eigenvalue weighted by Crippen LogP contribution is 2.15. The molecule has 1 amide bonds. The van der Waals surface area contributed by atoms with Gasteiger partial charge in [-0.25, -0.2) is 0 Å². The Labute approximate surface area is 127 Å². The van der Waals surface area contributed by atoms with Crippen molar-refractivity contribution < 1.29 is 4.79 Å². The molecule has 1 aliphatic heterocycles. The minimum absolute atomic E-state index is 0.0432. The third-order valence-corrected chi connectivity index (χ3v) is 4.02. The van der Waals surface area contributed by atoms with Crippen molar-refractivity contribution in [1.29, 1.82) is 0 Å². The Balaban J connectivity index is 1.65. The maximum absolute atomic E-state index is 12.1. The molecule has 0 spiro atoms. The van der Waals surface area contributed by atoms with Gasteiger partial charge in [-0.3, -0.25) is 9.89 Å². The standard InChI is InChI=1S/C16H28N4O/c1-12(2)7-5-3-4-6-9-18-16(21)15-13-11-17-10-8-14(13)19-20-15/h12,17H,3-11H2,1-2H3,(H,18,21)(H,19,20). The number of carbonyl (C=O) groups is 1. The number of unbranched alkanes of at least 4 members (excludes halogenated alkanes) is 3. The van der Waals surface area contributed by atoms with Crippen LogP contribution in [0.1, 0.15) is 67.7 Å². The van der Waals surface area contributed by atoms with E-state index in [1.807, 2.05) is 0 Å². The number of amides is 1. The number of rotatable bonds is 8. The number of fused-ring (bicyclic) bond motifs is 1. The molecule has 2 rings (SSSR count). The Bertz CT molecular complexity index is 453. The molecule has 0 saturated carbocycles. The summed E-state index contributed by atoms with van der Waals surface area (Å²) >= 11 is 0. The zero-order valence-corrected chi connectivity index (χ0v) is 13.3. The lowest BCUT2D eigenvalue weighted by atomic mass is 10.0. The molecule has 0 unspecified atom stereocenters. The van der Waals surface area contributed by atoms with E-state index in [-0.39, 0.29) is 5.91 Å². The van der Waals surface area contributed by atoms with Crippen LogP contribution in [0.2, 0.25) is 0 Å². The molecule has 0 radical (unpaired) electrons. The molecule has 0 aromatic carbocycles. The normalized spacial score (nSPS) is 14.2. The van der Waals surface area contributed by atoms with Crippen molar-refractivity contribution in [3.8, 4) is 0 Å². The second-order valence-corrected chi connectivity index (χ2v) is 6.31. The van der Waals surface area contributed by atoms with Crippen molar-refractivity contribution in [2.24, 2.45) is 5.92 Å². The molecule has 21 heavy (non-hydrogen) atoms. The van der Waals surface area contributed by atoms with Gasteiger partial charge in [0.2, 0.25) is 0 Å². The van der Waals surface area contributed by atoms with Gasteiger partial charge in [0.05, 0.1) is 0 Å². The largest absolute Gasteiger partial charge is 0.351 e. The van der Waals surface area contributed by atoms with Gasteiger partial charge < -0.3 is 10.6 Å². The minimum Gasteiger partial charge on any atom is -0.351 e. The van der Waals surface area contributed by atoms with Gasteiger partial charge in [0.25, 0.3) is 5.91 Å². The molecular formula is C16H28N4O. The molecule has 118 valence electrons. The molecule has 2 heterocycles. The van der Waals surface area contributed by atoms with Crippen molar-refractivity contribution in [1.82, 2.24) is 20.8 Å². The summed E-state index contributed by atoms with van der Waals surface area (Å²) in [5, 5.41) is 13.4. The summed E-state index contributed by atoms with van der Waals surface area (Å²) in [6.45, 7) is 6.96. The molecule has 0 fully saturated rings. The van der Waals surface area contributed by atoms with Crippen LogP contribution in [-0.2, 0) is 13.0 Å². The van der Waals surface area contributed by atoms with E-state index in [1.165, 1.54) is 25.7 Å². The highest BCUT2D eigenvalue weighted by Gasteiger charge is 2.20. The first kappa shape index (κ1) is 16.0. The van der Waals surface area contributed by atoms with Crippen LogP contribution >= 0.6 is 0 Å². The highest BCUT2D eigenvalue weighted by molar-refractivity contribution is 5.94. The van der Waals surface area contributed by atoms with E-state index in [1.54, 1.807) is 0 Å². The van der Waals surface area contributed by atoms with Gasteiger partial charge in [-0.15, -0.1) is 0 Å². The summed E-state index contributed by atoms with van der Waals surface area (Å²) in [4.78, 5) is 12.1. The highest BCUT2D eigenvalue weighted by atomic mass is 16.1. The number of nitrogens with zero attached hydrogens (tertiary/aromatic N) is 1. The molecule has 3 N–H and O–H groups in total. The Morgan fingerprint density at radius 3 is 2.90 bits per heavy atom. The van der Waals surface area contributed by atoms with Crippen LogP contribution < -0.4 is 10.6 Å². The number of nitrogens with one attached hydrogen (secondary N) is 3. The predicted octanol–water partition coefficient (Wildman–Crippen LogP) is 2.39. The van der Waals surface area contributed by atoms with E-state index in [4.69, 9.17) is 0 Å². The van der Waals surface area contributed by atoms with Crippen LogP contribution in [0.5, 0.6) is 0 Å². The minimum atomic E-state index is -0.0432. The van der Waals surface area contributed by atoms with E-state index in [2.05, 4.69) is 34.7 Å². The second-order valence-electron chi connectivity index (χ2n) is 6.31. The lowest BCUT2D eigenvalue weighted by Gasteiger charge is -2.12. The van der Waals surface area contributed by atoms with Gasteiger partial charge in [-0.1, -0.05) is 39.5 Å². The van der Waals surface area contributed by atoms with E-state index in [0.29, 0.717) is 5.69 Å². The Morgan fingerprint density at radius 2 is 2.10 bits per heavy atom. The number of hydrogen-bond acceptors (Lipinski definition) is 3. The summed E-state index contributed by atoms with van der Waals surface area (Å²) < 4.78 is 0. The maximum Gasteiger partial charge on any atom is 0.272 e. The van der Waals surface area contributed by atoms with Crippen molar-refractivity contribution in [2.75, 3.05) is 13.1 Å². The van der Waals surface area contributed by atoms with Crippen molar-refractivity contribution in [3.05, 3.63) is 17.0 Å². The fourth-order valence-electron chi connectivity index (χ4n) is 2.73. The smallest absolute Gasteiger partial charge is 0.272 e. The van der Waals surface area contributed by atoms with E-state index in [0.717, 1.165) is 49.7 Å². The summed E-state index contributed by atoms with van der Waals surface area (Å²) in [6, 6.07) is 0. The van der Waals surface area contributed by atoms with Crippen molar-refractivity contribution in [2.45, 2.75) is 58.9 Å². The van der Waals surface area contributed by atoms with Crippen LogP contribution in [0.25, 0.3) is 0 Å². The summed E-state index contributed by atoms with van der Waals surface area (Å²) in [6.07, 6.45) is 7.02. The fourth-order valence-corrected chi connectivity index (χ4v) is 2.73. The molecule has 0 saturated heterocycles. The molecule has 5 nitrogen and oxygen atoms in total. The zero-order chi connectivity index (χ0) is 15.1. The SMILES string of the molecule is CC(C)CCCCCCNC(=O)c1n[nH]c2c1CNCC2. The molecule has 1 aromatic rings. The summed E-state index contributed by atoms with van der Waals surface area (Å²) in [5.41, 5.74) is 2.71. The Hall–Kier alpha value is -1.36. The molecular weight excluding hydrogens is 264 g/mol. The lowest BCUT2D eigenvalue weighted by molar-refractivity contribution is 0.0946. The molecule has 0 aliphatic carbocycles. The molecule has 0 atom stereocenters. The average molecular weight is 292 g/mol. The molecule has 0 bridgehead atoms. The van der Waals surface area contributed by atoms with Gasteiger partial charge >= 0.3 is 0 Å². The first-order valence-electron chi connectivity index (χ1n) is 8.23. The summed E-state index contributed by atoms with van der Waals surface area (Å²) in [5.74, 6) is 0.752. The quantitative estimate of drug-likeness (QED) is 0.644. The third kappa shape index (κ3) is 4.84. The van der Waals surface area contributed by atoms with Gasteiger partial charge in [0, 0.05) is 37.3 Å². The van der Waals surface area contributed by atoms with Crippen molar-refractivity contribution in [3.63, 3.8) is 0 Å². The first-order chi connectivity index (χ1) is 10.2. The van der Waals surface area contributed by atoms with E-state index < -0.39 is 0 Å². The lowest BCUT2D eigenvalue weighted by Crippen LogP contribution is -2.29. The average Bonchev–Trinajstić information content (AvgIpc) is 2.89. The van der Waals surface area contributed by atoms with Crippen LogP contribution in [-0.4, -0.2) is 29.2 Å². The topological polar surface area (TPSA) is 69.8 Å². The van der Waals surface area contributed by atoms with Crippen LogP contribution in [0, 0.1) is 5.92 Å². The number of hydrogen-bond donors (Lipinski definition) is 3. The first-order valence-corrected chi connectivity index (χ1v) is 8.23. The molecule has 1 aliphatic rings. The number of carbonyl (C=O) groups excluding carboxylic acids is 1. The number of aromatic amines is 1. The van der Waals surface area contributed by atoms with E-state index in [9.17, 15) is 4.79 Å². The van der Waals surface area contributed by atoms with Gasteiger partial charge in [0.1, 0.15) is 0 Å². The Morgan fingerprint density at radius 1 is 1.29 bits per heavy atom. The van der Waals surface area contributed by atoms with Gasteiger partial charge in [-0.05, 0) is 12.3 Å². The van der Waals surface area contributed by atoms with Crippen LogP contribution in [0.3, 0.4) is 0 Å². The predicted molar refractivity (Wildman–Crippen MR) is 84.3 cm³/mol. The van der Waals surface area contributed by atoms with Gasteiger partial charge in [0.15, 0.2) is 5.69 Å².